The molecule has 0 saturated heterocycles. The lowest BCUT2D eigenvalue weighted by atomic mass is 10.2. The van der Waals surface area contributed by atoms with Crippen LogP contribution in [0.3, 0.4) is 0 Å². The number of hydrogen-bond donors (Lipinski definition) is 0. The molecule has 0 heterocycles. The van der Waals surface area contributed by atoms with E-state index in [1.54, 1.807) is 21.3 Å². The van der Waals surface area contributed by atoms with Gasteiger partial charge in [0.1, 0.15) is 0 Å². The molecular formula is C10H21NO3Si. The highest BCUT2D eigenvalue weighted by molar-refractivity contribution is 6.60. The first-order valence-corrected chi connectivity index (χ1v) is 7.16. The Hall–Kier alpha value is -0.413. The average Bonchev–Trinajstić information content (AvgIpc) is 2.29. The molecule has 0 atom stereocenters. The minimum Gasteiger partial charge on any atom is -0.377 e. The summed E-state index contributed by atoms with van der Waals surface area (Å²) < 4.78 is 15.9. The van der Waals surface area contributed by atoms with Gasteiger partial charge in [-0.2, -0.15) is 0 Å². The summed E-state index contributed by atoms with van der Waals surface area (Å²) in [5.74, 6) is 0. The van der Waals surface area contributed by atoms with Crippen molar-refractivity contribution in [1.82, 2.24) is 0 Å². The molecule has 88 valence electrons. The zero-order chi connectivity index (χ0) is 11.6. The Morgan fingerprint density at radius 1 is 0.933 bits per heavy atom. The van der Waals surface area contributed by atoms with Crippen molar-refractivity contribution in [3.8, 4) is 0 Å². The summed E-state index contributed by atoms with van der Waals surface area (Å²) in [5.41, 5.74) is 0. The maximum atomic E-state index is 6.64. The highest BCUT2D eigenvalue weighted by Crippen LogP contribution is 2.17. The van der Waals surface area contributed by atoms with Gasteiger partial charge >= 0.3 is 8.80 Å². The molecule has 0 aromatic rings. The molecule has 0 aromatic heterocycles. The molecule has 5 heteroatoms. The van der Waals surface area contributed by atoms with Crippen molar-refractivity contribution in [2.75, 3.05) is 27.9 Å². The zero-order valence-electron chi connectivity index (χ0n) is 9.91. The molecule has 0 radical (unpaired) electrons. The first-order chi connectivity index (χ1) is 7.24. The van der Waals surface area contributed by atoms with Crippen molar-refractivity contribution in [2.24, 2.45) is 0 Å². The van der Waals surface area contributed by atoms with Gasteiger partial charge in [-0.05, 0) is 12.8 Å². The lowest BCUT2D eigenvalue weighted by molar-refractivity contribution is 0.122. The minimum absolute atomic E-state index is 0.640. The van der Waals surface area contributed by atoms with E-state index in [0.717, 1.165) is 31.7 Å². The lowest BCUT2D eigenvalue weighted by Crippen LogP contribution is -2.42. The fraction of sp³-hybridized carbons (Fsp3) is 0.900. The van der Waals surface area contributed by atoms with Gasteiger partial charge in [-0.1, -0.05) is 6.42 Å². The van der Waals surface area contributed by atoms with Crippen molar-refractivity contribution in [3.05, 3.63) is 11.4 Å². The second-order valence-electron chi connectivity index (χ2n) is 3.34. The topological polar surface area (TPSA) is 32.0 Å². The molecule has 0 rings (SSSR count). The van der Waals surface area contributed by atoms with Crippen LogP contribution < -0.4 is 0 Å². The standard InChI is InChI=1S/C10H21NO3Si/c1-11-9-7-5-6-8-10-15(12-2,13-3)14-4/h5-10H2,2-4H3. The molecule has 0 unspecified atom stereocenters. The van der Waals surface area contributed by atoms with Crippen LogP contribution in [0.25, 0.3) is 4.85 Å². The highest BCUT2D eigenvalue weighted by atomic mass is 28.4. The van der Waals surface area contributed by atoms with Crippen LogP contribution in [0.2, 0.25) is 6.04 Å². The first-order valence-electron chi connectivity index (χ1n) is 5.23. The maximum Gasteiger partial charge on any atom is 0.500 e. The van der Waals surface area contributed by atoms with E-state index in [4.69, 9.17) is 19.9 Å². The lowest BCUT2D eigenvalue weighted by Gasteiger charge is -2.24. The van der Waals surface area contributed by atoms with Crippen LogP contribution in [0.5, 0.6) is 0 Å². The SMILES string of the molecule is [C-]#[N+]CCCCCC[Si](OC)(OC)OC. The molecule has 4 nitrogen and oxygen atoms in total. The third kappa shape index (κ3) is 5.90. The summed E-state index contributed by atoms with van der Waals surface area (Å²) in [7, 11) is 2.56. The van der Waals surface area contributed by atoms with Crippen molar-refractivity contribution in [3.63, 3.8) is 0 Å². The van der Waals surface area contributed by atoms with Crippen LogP contribution in [-0.4, -0.2) is 36.7 Å². The Kier molecular flexibility index (Phi) is 8.62. The summed E-state index contributed by atoms with van der Waals surface area (Å²) in [6.07, 6.45) is 4.25. The van der Waals surface area contributed by atoms with Crippen LogP contribution in [0, 0.1) is 6.57 Å². The van der Waals surface area contributed by atoms with E-state index in [0.29, 0.717) is 6.54 Å². The molecule has 0 amide bonds. The average molecular weight is 231 g/mol. The van der Waals surface area contributed by atoms with E-state index in [1.165, 1.54) is 0 Å². The van der Waals surface area contributed by atoms with Crippen LogP contribution >= 0.6 is 0 Å². The number of unbranched alkanes of at least 4 members (excludes halogenated alkanes) is 3. The Bertz CT molecular complexity index is 181. The van der Waals surface area contributed by atoms with Gasteiger partial charge in [0.2, 0.25) is 6.54 Å². The Morgan fingerprint density at radius 2 is 1.47 bits per heavy atom. The molecular weight excluding hydrogens is 210 g/mol. The van der Waals surface area contributed by atoms with Gasteiger partial charge < -0.3 is 18.1 Å². The van der Waals surface area contributed by atoms with Crippen molar-refractivity contribution in [2.45, 2.75) is 31.7 Å². The summed E-state index contributed by atoms with van der Waals surface area (Å²) in [5, 5.41) is 0. The second-order valence-corrected chi connectivity index (χ2v) is 6.43. The van der Waals surface area contributed by atoms with Gasteiger partial charge in [0.15, 0.2) is 0 Å². The van der Waals surface area contributed by atoms with Crippen LogP contribution in [-0.2, 0) is 13.3 Å². The Morgan fingerprint density at radius 3 is 1.93 bits per heavy atom. The molecule has 0 aliphatic carbocycles. The van der Waals surface area contributed by atoms with Gasteiger partial charge in [0.05, 0.1) is 0 Å². The first kappa shape index (κ1) is 14.6. The summed E-state index contributed by atoms with van der Waals surface area (Å²) in [6, 6.07) is 0.856. The maximum absolute atomic E-state index is 6.64. The van der Waals surface area contributed by atoms with E-state index in [-0.39, 0.29) is 0 Å². The molecule has 0 aromatic carbocycles. The predicted octanol–water partition coefficient (Wildman–Crippen LogP) is 2.34. The van der Waals surface area contributed by atoms with Crippen molar-refractivity contribution in [1.29, 1.82) is 0 Å². The smallest absolute Gasteiger partial charge is 0.377 e. The normalized spacial score (nSPS) is 11.3. The van der Waals surface area contributed by atoms with Crippen molar-refractivity contribution >= 4 is 8.80 Å². The van der Waals surface area contributed by atoms with E-state index in [1.807, 2.05) is 0 Å². The van der Waals surface area contributed by atoms with Gasteiger partial charge in [-0.3, -0.25) is 0 Å². The number of rotatable bonds is 9. The van der Waals surface area contributed by atoms with E-state index in [9.17, 15) is 0 Å². The van der Waals surface area contributed by atoms with E-state index >= 15 is 0 Å². The third-order valence-electron chi connectivity index (χ3n) is 2.44. The molecule has 0 fully saturated rings. The minimum atomic E-state index is -2.35. The van der Waals surface area contributed by atoms with E-state index in [2.05, 4.69) is 4.85 Å². The van der Waals surface area contributed by atoms with E-state index < -0.39 is 8.80 Å². The number of hydrogen-bond acceptors (Lipinski definition) is 3. The fourth-order valence-corrected chi connectivity index (χ4v) is 3.24. The van der Waals surface area contributed by atoms with Crippen LogP contribution in [0.15, 0.2) is 0 Å². The highest BCUT2D eigenvalue weighted by Gasteiger charge is 2.36. The van der Waals surface area contributed by atoms with Crippen LogP contribution in [0.1, 0.15) is 25.7 Å². The summed E-state index contributed by atoms with van der Waals surface area (Å²) in [6.45, 7) is 7.28. The molecule has 0 spiro atoms. The van der Waals surface area contributed by atoms with Crippen LogP contribution in [0.4, 0.5) is 0 Å². The van der Waals surface area contributed by atoms with Gasteiger partial charge in [0.25, 0.3) is 0 Å². The molecule has 0 N–H and O–H groups in total. The fourth-order valence-electron chi connectivity index (χ4n) is 1.44. The zero-order valence-corrected chi connectivity index (χ0v) is 10.9. The second kappa shape index (κ2) is 8.86. The quantitative estimate of drug-likeness (QED) is 0.347. The molecule has 0 saturated carbocycles. The molecule has 0 aliphatic heterocycles. The predicted molar refractivity (Wildman–Crippen MR) is 61.5 cm³/mol. The molecule has 0 bridgehead atoms. The molecule has 0 aliphatic rings. The van der Waals surface area contributed by atoms with Gasteiger partial charge in [-0.15, -0.1) is 0 Å². The summed E-state index contributed by atoms with van der Waals surface area (Å²) >= 11 is 0. The Balaban J connectivity index is 3.59. The molecule has 15 heavy (non-hydrogen) atoms. The largest absolute Gasteiger partial charge is 0.500 e. The Labute approximate surface area is 93.7 Å². The van der Waals surface area contributed by atoms with Crippen molar-refractivity contribution < 1.29 is 13.3 Å². The summed E-state index contributed by atoms with van der Waals surface area (Å²) in [4.78, 5) is 3.32. The third-order valence-corrected chi connectivity index (χ3v) is 5.27. The van der Waals surface area contributed by atoms with Gasteiger partial charge in [-0.25, -0.2) is 6.57 Å². The number of nitrogens with zero attached hydrogens (tertiary/aromatic N) is 1. The monoisotopic (exact) mass is 231 g/mol. The van der Waals surface area contributed by atoms with Gasteiger partial charge in [0, 0.05) is 33.8 Å².